The van der Waals surface area contributed by atoms with Crippen molar-refractivity contribution < 1.29 is 19.2 Å². The molecule has 4 atom stereocenters. The summed E-state index contributed by atoms with van der Waals surface area (Å²) in [5.74, 6) is -2.08. The van der Waals surface area contributed by atoms with Crippen LogP contribution in [0.5, 0.6) is 0 Å². The fraction of sp³-hybridized carbons (Fsp3) is 0.179. The zero-order valence-corrected chi connectivity index (χ0v) is 19.3. The number of nitrogens with zero attached hydrogens (tertiary/aromatic N) is 3. The van der Waals surface area contributed by atoms with E-state index < -0.39 is 40.1 Å². The van der Waals surface area contributed by atoms with E-state index in [4.69, 9.17) is 4.74 Å². The van der Waals surface area contributed by atoms with Crippen LogP contribution in [0.25, 0.3) is 6.08 Å². The Morgan fingerprint density at radius 1 is 1.06 bits per heavy atom. The van der Waals surface area contributed by atoms with Crippen LogP contribution in [-0.4, -0.2) is 35.9 Å². The van der Waals surface area contributed by atoms with Crippen LogP contribution in [0.2, 0.25) is 0 Å². The highest BCUT2D eigenvalue weighted by Crippen LogP contribution is 2.56. The summed E-state index contributed by atoms with van der Waals surface area (Å²) in [5.41, 5.74) is 0.297. The third-order valence-electron chi connectivity index (χ3n) is 7.02. The number of nitro benzene ring substituents is 1. The van der Waals surface area contributed by atoms with Gasteiger partial charge in [0.15, 0.2) is 11.2 Å². The predicted octanol–water partition coefficient (Wildman–Crippen LogP) is 4.53. The third kappa shape index (κ3) is 3.28. The molecule has 36 heavy (non-hydrogen) atoms. The van der Waals surface area contributed by atoms with Crippen molar-refractivity contribution in [2.75, 3.05) is 12.0 Å². The molecule has 1 saturated heterocycles. The van der Waals surface area contributed by atoms with Crippen molar-refractivity contribution in [1.29, 1.82) is 5.26 Å². The monoisotopic (exact) mass is 479 g/mol. The minimum Gasteiger partial charge on any atom is -0.468 e. The Morgan fingerprint density at radius 2 is 1.78 bits per heavy atom. The van der Waals surface area contributed by atoms with Crippen LogP contribution in [0.4, 0.5) is 11.4 Å². The number of hydrogen-bond donors (Lipinski definition) is 0. The van der Waals surface area contributed by atoms with Gasteiger partial charge in [-0.2, -0.15) is 5.26 Å². The minimum absolute atomic E-state index is 0.125. The largest absolute Gasteiger partial charge is 0.468 e. The van der Waals surface area contributed by atoms with Crippen LogP contribution in [0, 0.1) is 26.9 Å². The molecule has 0 aliphatic carbocycles. The summed E-state index contributed by atoms with van der Waals surface area (Å²) in [6.07, 6.45) is 3.60. The Morgan fingerprint density at radius 3 is 2.47 bits per heavy atom. The first-order valence-electron chi connectivity index (χ1n) is 11.3. The number of nitriles is 1. The number of Topliss-reactive ketones (excluding diaryl/α,β-unsaturated/α-hetero) is 1. The highest BCUT2D eigenvalue weighted by molar-refractivity contribution is 6.06. The van der Waals surface area contributed by atoms with Crippen LogP contribution in [0.1, 0.15) is 27.4 Å². The van der Waals surface area contributed by atoms with Gasteiger partial charge in [0.25, 0.3) is 5.69 Å². The molecule has 0 radical (unpaired) electrons. The summed E-state index contributed by atoms with van der Waals surface area (Å²) in [5, 5.41) is 22.0. The summed E-state index contributed by atoms with van der Waals surface area (Å²) in [6, 6.07) is 22.3. The van der Waals surface area contributed by atoms with Gasteiger partial charge in [-0.25, -0.2) is 0 Å². The lowest BCUT2D eigenvalue weighted by Gasteiger charge is -2.36. The van der Waals surface area contributed by atoms with Crippen molar-refractivity contribution in [2.45, 2.75) is 18.0 Å². The van der Waals surface area contributed by atoms with Gasteiger partial charge in [-0.1, -0.05) is 72.8 Å². The number of benzene rings is 3. The van der Waals surface area contributed by atoms with Crippen molar-refractivity contribution in [3.05, 3.63) is 112 Å². The fourth-order valence-electron chi connectivity index (χ4n) is 5.51. The van der Waals surface area contributed by atoms with E-state index in [2.05, 4.69) is 6.07 Å². The first kappa shape index (κ1) is 23.0. The van der Waals surface area contributed by atoms with E-state index >= 15 is 0 Å². The highest BCUT2D eigenvalue weighted by Gasteiger charge is 2.67. The average Bonchev–Trinajstić information content (AvgIpc) is 3.24. The summed E-state index contributed by atoms with van der Waals surface area (Å²) in [4.78, 5) is 40.4. The SMILES string of the molecule is COC(=O)[C@@]1(C#N)[C@H](c2ccccc2)[C@@H](C(=O)c2cccc([N+](=O)[O-])c2)N2c3ccccc3C=C[C@H]21. The topological polar surface area (TPSA) is 114 Å². The second kappa shape index (κ2) is 8.78. The molecule has 0 unspecified atom stereocenters. The van der Waals surface area contributed by atoms with Gasteiger partial charge in [0.05, 0.1) is 24.1 Å². The molecule has 5 rings (SSSR count). The number of nitro groups is 1. The van der Waals surface area contributed by atoms with Crippen molar-refractivity contribution in [3.8, 4) is 6.07 Å². The van der Waals surface area contributed by atoms with E-state index in [1.807, 2.05) is 36.4 Å². The number of carbonyl (C=O) groups excluding carboxylic acids is 2. The molecule has 1 fully saturated rings. The Kier molecular flexibility index (Phi) is 5.61. The maximum atomic E-state index is 14.2. The number of para-hydroxylation sites is 1. The quantitative estimate of drug-likeness (QED) is 0.229. The van der Waals surface area contributed by atoms with Crippen LogP contribution < -0.4 is 4.90 Å². The second-order valence-electron chi connectivity index (χ2n) is 8.75. The number of esters is 1. The van der Waals surface area contributed by atoms with E-state index in [1.165, 1.54) is 31.4 Å². The standard InChI is InChI=1S/C28H21N3O5/c1-36-27(33)28(17-29)23-15-14-18-8-5-6-13-22(18)30(23)25(24(28)19-9-3-2-4-10-19)26(32)20-11-7-12-21(16-20)31(34)35/h2-16,23-25H,1H3/t23-,24+,25-,28+/m0/s1. The zero-order valence-electron chi connectivity index (χ0n) is 19.3. The number of non-ortho nitro benzene ring substituents is 1. The molecule has 2 heterocycles. The van der Waals surface area contributed by atoms with Gasteiger partial charge >= 0.3 is 5.97 Å². The molecule has 8 heteroatoms. The molecule has 2 aliphatic heterocycles. The molecule has 0 amide bonds. The normalized spacial score (nSPS) is 23.8. The maximum absolute atomic E-state index is 14.2. The Hall–Kier alpha value is -4.77. The molecule has 0 aromatic heterocycles. The molecule has 0 saturated carbocycles. The molecule has 0 spiro atoms. The van der Waals surface area contributed by atoms with Crippen molar-refractivity contribution in [1.82, 2.24) is 0 Å². The van der Waals surface area contributed by atoms with Crippen LogP contribution in [0.3, 0.4) is 0 Å². The molecule has 0 bridgehead atoms. The molecule has 178 valence electrons. The van der Waals surface area contributed by atoms with E-state index in [0.29, 0.717) is 11.3 Å². The first-order valence-corrected chi connectivity index (χ1v) is 11.3. The van der Waals surface area contributed by atoms with E-state index in [-0.39, 0.29) is 11.3 Å². The van der Waals surface area contributed by atoms with E-state index in [9.17, 15) is 25.0 Å². The van der Waals surface area contributed by atoms with Gasteiger partial charge in [-0.15, -0.1) is 0 Å². The zero-order chi connectivity index (χ0) is 25.4. The summed E-state index contributed by atoms with van der Waals surface area (Å²) in [7, 11) is 1.23. The molecule has 3 aromatic rings. The van der Waals surface area contributed by atoms with E-state index in [0.717, 1.165) is 5.56 Å². The third-order valence-corrected chi connectivity index (χ3v) is 7.02. The summed E-state index contributed by atoms with van der Waals surface area (Å²) >= 11 is 0. The van der Waals surface area contributed by atoms with Crippen molar-refractivity contribution in [2.24, 2.45) is 5.41 Å². The van der Waals surface area contributed by atoms with Gasteiger partial charge < -0.3 is 9.64 Å². The van der Waals surface area contributed by atoms with Crippen molar-refractivity contribution in [3.63, 3.8) is 0 Å². The Labute approximate surface area is 207 Å². The number of fused-ring (bicyclic) bond motifs is 3. The van der Waals surface area contributed by atoms with Crippen LogP contribution in [-0.2, 0) is 9.53 Å². The molecule has 2 aliphatic rings. The number of carbonyl (C=O) groups is 2. The lowest BCUT2D eigenvalue weighted by molar-refractivity contribution is -0.384. The predicted molar refractivity (Wildman–Crippen MR) is 132 cm³/mol. The number of hydrogen-bond acceptors (Lipinski definition) is 7. The molecular formula is C28H21N3O5. The first-order chi connectivity index (χ1) is 17.4. The van der Waals surface area contributed by atoms with Gasteiger partial charge in [-0.3, -0.25) is 19.7 Å². The summed E-state index contributed by atoms with van der Waals surface area (Å²) in [6.45, 7) is 0. The number of anilines is 1. The number of methoxy groups -OCH3 is 1. The van der Waals surface area contributed by atoms with Crippen molar-refractivity contribution >= 4 is 29.2 Å². The molecule has 3 aromatic carbocycles. The van der Waals surface area contributed by atoms with Crippen LogP contribution in [0.15, 0.2) is 84.9 Å². The highest BCUT2D eigenvalue weighted by atomic mass is 16.6. The number of ether oxygens (including phenoxy) is 1. The lowest BCUT2D eigenvalue weighted by Crippen LogP contribution is -2.46. The Bertz CT molecular complexity index is 1440. The Balaban J connectivity index is 1.80. The maximum Gasteiger partial charge on any atom is 0.329 e. The lowest BCUT2D eigenvalue weighted by atomic mass is 9.68. The molecule has 0 N–H and O–H groups in total. The minimum atomic E-state index is -1.75. The molecule has 8 nitrogen and oxygen atoms in total. The van der Waals surface area contributed by atoms with Gasteiger partial charge in [0, 0.05) is 29.3 Å². The number of rotatable bonds is 5. The van der Waals surface area contributed by atoms with Crippen LogP contribution >= 0.6 is 0 Å². The smallest absolute Gasteiger partial charge is 0.329 e. The number of ketones is 1. The fourth-order valence-corrected chi connectivity index (χ4v) is 5.51. The average molecular weight is 479 g/mol. The second-order valence-corrected chi connectivity index (χ2v) is 8.75. The van der Waals surface area contributed by atoms with Gasteiger partial charge in [-0.05, 0) is 17.2 Å². The molecular weight excluding hydrogens is 458 g/mol. The van der Waals surface area contributed by atoms with Gasteiger partial charge in [0.2, 0.25) is 0 Å². The summed E-state index contributed by atoms with van der Waals surface area (Å²) < 4.78 is 5.18. The van der Waals surface area contributed by atoms with Gasteiger partial charge in [0.1, 0.15) is 6.04 Å². The van der Waals surface area contributed by atoms with E-state index in [1.54, 1.807) is 35.2 Å².